The van der Waals surface area contributed by atoms with E-state index in [0.29, 0.717) is 33.4 Å². The van der Waals surface area contributed by atoms with E-state index in [1.165, 1.54) is 14.2 Å². The second kappa shape index (κ2) is 11.5. The zero-order valence-electron chi connectivity index (χ0n) is 21.1. The molecular formula is C26H23F3N2O7S2. The van der Waals surface area contributed by atoms with Crippen LogP contribution in [0.2, 0.25) is 0 Å². The zero-order chi connectivity index (χ0) is 29.2. The molecule has 0 bridgehead atoms. The number of nitrogens with one attached hydrogen (secondary N) is 1. The lowest BCUT2D eigenvalue weighted by molar-refractivity contribution is -0.139. The molecule has 1 saturated heterocycles. The van der Waals surface area contributed by atoms with E-state index in [2.05, 4.69) is 0 Å². The summed E-state index contributed by atoms with van der Waals surface area (Å²) < 4.78 is 62.6. The van der Waals surface area contributed by atoms with Crippen LogP contribution in [0.5, 0.6) is 11.5 Å². The van der Waals surface area contributed by atoms with Crippen molar-refractivity contribution in [3.63, 3.8) is 0 Å². The molecule has 212 valence electrons. The van der Waals surface area contributed by atoms with Crippen molar-refractivity contribution in [2.24, 2.45) is 0 Å². The molecule has 1 fully saturated rings. The van der Waals surface area contributed by atoms with Gasteiger partial charge in [-0.2, -0.15) is 13.2 Å². The van der Waals surface area contributed by atoms with Gasteiger partial charge in [0.1, 0.15) is 41.6 Å². The monoisotopic (exact) mass is 596 g/mol. The van der Waals surface area contributed by atoms with Crippen molar-refractivity contribution in [2.75, 3.05) is 20.8 Å². The summed E-state index contributed by atoms with van der Waals surface area (Å²) in [6.45, 7) is -0.363. The third kappa shape index (κ3) is 5.94. The molecule has 0 spiro atoms. The Balaban J connectivity index is 1.67. The zero-order valence-corrected chi connectivity index (χ0v) is 22.7. The van der Waals surface area contributed by atoms with E-state index in [1.807, 2.05) is 0 Å². The second-order valence-corrected chi connectivity index (χ2v) is 9.58. The minimum atomic E-state index is -5.04. The molecule has 2 aromatic carbocycles. The number of hydrogen-bond acceptors (Lipinski definition) is 9. The Labute approximate surface area is 236 Å². The molecule has 4 rings (SSSR count). The van der Waals surface area contributed by atoms with Crippen LogP contribution in [0.4, 0.5) is 13.2 Å². The molecule has 2 heterocycles. The van der Waals surface area contributed by atoms with Crippen LogP contribution in [0.25, 0.3) is 0 Å². The number of thiocarbonyl (C=S) groups is 2. The van der Waals surface area contributed by atoms with E-state index >= 15 is 0 Å². The van der Waals surface area contributed by atoms with Crippen molar-refractivity contribution < 1.29 is 37.2 Å². The topological polar surface area (TPSA) is 112 Å². The first-order valence-electron chi connectivity index (χ1n) is 11.7. The molecule has 0 saturated carbocycles. The Morgan fingerprint density at radius 2 is 1.60 bits per heavy atom. The summed E-state index contributed by atoms with van der Waals surface area (Å²) >= 11 is 10.9. The fraction of sp³-hybridized carbons (Fsp3) is 0.308. The Hall–Kier alpha value is -3.59. The first-order valence-corrected chi connectivity index (χ1v) is 12.5. The first kappa shape index (κ1) is 29.4. The largest absolute Gasteiger partial charge is 0.497 e. The summed E-state index contributed by atoms with van der Waals surface area (Å²) in [5.41, 5.74) is -5.40. The van der Waals surface area contributed by atoms with E-state index < -0.39 is 47.3 Å². The molecule has 1 aliphatic rings. The number of aromatic amines is 1. The van der Waals surface area contributed by atoms with Gasteiger partial charge in [-0.1, -0.05) is 24.4 Å². The van der Waals surface area contributed by atoms with Gasteiger partial charge < -0.3 is 24.1 Å². The number of benzene rings is 2. The number of aromatic nitrogens is 2. The summed E-state index contributed by atoms with van der Waals surface area (Å²) in [5.74, 6) is 1.13. The van der Waals surface area contributed by atoms with E-state index in [9.17, 15) is 27.9 Å². The lowest BCUT2D eigenvalue weighted by atomic mass is 9.87. The maximum absolute atomic E-state index is 13.4. The Bertz CT molecular complexity index is 1520. The standard InChI is InChI=1S/C26H23F3N2O7S2/c1-35-16-7-3-14(4-8-16)21(39)25(34)11-20(31-12-18(26(27,28)29)22(32)30-24(31)33)38-19(25)13-37-23(40)15-5-9-17(36-2)10-6-15/h3-10,12,19-20,34H,11,13H2,1-2H3,(H,30,32,33)/t19-,20-,25+/m1/s1. The van der Waals surface area contributed by atoms with Gasteiger partial charge in [-0.25, -0.2) is 4.79 Å². The van der Waals surface area contributed by atoms with Gasteiger partial charge in [0.25, 0.3) is 5.56 Å². The average Bonchev–Trinajstić information content (AvgIpc) is 3.27. The molecule has 0 radical (unpaired) electrons. The fourth-order valence-corrected chi connectivity index (χ4v) is 4.74. The van der Waals surface area contributed by atoms with Gasteiger partial charge in [0.15, 0.2) is 5.05 Å². The third-order valence-corrected chi connectivity index (χ3v) is 7.30. The molecule has 9 nitrogen and oxygen atoms in total. The molecule has 14 heteroatoms. The lowest BCUT2D eigenvalue weighted by Crippen LogP contribution is -2.48. The molecule has 40 heavy (non-hydrogen) atoms. The highest BCUT2D eigenvalue weighted by Crippen LogP contribution is 2.40. The summed E-state index contributed by atoms with van der Waals surface area (Å²) in [6, 6.07) is 13.1. The van der Waals surface area contributed by atoms with Crippen LogP contribution in [0.3, 0.4) is 0 Å². The van der Waals surface area contributed by atoms with Gasteiger partial charge in [-0.05, 0) is 54.2 Å². The summed E-state index contributed by atoms with van der Waals surface area (Å²) in [7, 11) is 2.99. The van der Waals surface area contributed by atoms with Gasteiger partial charge >= 0.3 is 11.9 Å². The van der Waals surface area contributed by atoms with E-state index in [-0.39, 0.29) is 16.5 Å². The van der Waals surface area contributed by atoms with Crippen LogP contribution in [0, 0.1) is 0 Å². The van der Waals surface area contributed by atoms with Gasteiger partial charge in [0.2, 0.25) is 0 Å². The molecule has 0 aliphatic carbocycles. The number of rotatable bonds is 8. The van der Waals surface area contributed by atoms with E-state index in [1.54, 1.807) is 53.5 Å². The van der Waals surface area contributed by atoms with Crippen molar-refractivity contribution in [1.29, 1.82) is 0 Å². The molecular weight excluding hydrogens is 573 g/mol. The maximum atomic E-state index is 13.4. The van der Waals surface area contributed by atoms with Crippen molar-refractivity contribution in [1.82, 2.24) is 9.55 Å². The van der Waals surface area contributed by atoms with Crippen LogP contribution in [-0.4, -0.2) is 57.1 Å². The number of alkyl halides is 3. The molecule has 0 amide bonds. The fourth-order valence-electron chi connectivity index (χ4n) is 4.18. The Morgan fingerprint density at radius 3 is 2.12 bits per heavy atom. The molecule has 3 aromatic rings. The number of methoxy groups -OCH3 is 2. The number of hydrogen-bond donors (Lipinski definition) is 2. The summed E-state index contributed by atoms with van der Waals surface area (Å²) in [4.78, 5) is 25.9. The normalized spacial score (nSPS) is 20.6. The predicted octanol–water partition coefficient (Wildman–Crippen LogP) is 3.40. The van der Waals surface area contributed by atoms with Crippen LogP contribution < -0.4 is 20.7 Å². The highest BCUT2D eigenvalue weighted by Gasteiger charge is 2.52. The highest BCUT2D eigenvalue weighted by molar-refractivity contribution is 7.81. The second-order valence-electron chi connectivity index (χ2n) is 8.80. The van der Waals surface area contributed by atoms with Crippen molar-refractivity contribution in [2.45, 2.75) is 30.5 Å². The Morgan fingerprint density at radius 1 is 1.05 bits per heavy atom. The predicted molar refractivity (Wildman–Crippen MR) is 145 cm³/mol. The molecule has 1 aliphatic heterocycles. The summed E-state index contributed by atoms with van der Waals surface area (Å²) in [6.07, 6.45) is -7.81. The number of halogens is 3. The maximum Gasteiger partial charge on any atom is 0.423 e. The minimum Gasteiger partial charge on any atom is -0.497 e. The number of ether oxygens (including phenoxy) is 4. The number of nitrogens with zero attached hydrogens (tertiary/aromatic N) is 1. The van der Waals surface area contributed by atoms with Gasteiger partial charge in [-0.3, -0.25) is 14.3 Å². The molecule has 2 N–H and O–H groups in total. The average molecular weight is 597 g/mol. The SMILES string of the molecule is COc1ccc(C(=S)OC[C@H]2O[C@@H](n3cc(C(F)(F)F)c(=O)[nH]c3=O)C[C@@]2(O)C(=S)c2ccc(OC)cc2)cc1. The molecule has 0 unspecified atom stereocenters. The van der Waals surface area contributed by atoms with Gasteiger partial charge in [0.05, 0.1) is 19.1 Å². The summed E-state index contributed by atoms with van der Waals surface area (Å²) in [5, 5.41) is 11.9. The molecule has 1 aromatic heterocycles. The Kier molecular flexibility index (Phi) is 8.44. The smallest absolute Gasteiger partial charge is 0.423 e. The van der Waals surface area contributed by atoms with Crippen molar-refractivity contribution in [3.8, 4) is 11.5 Å². The van der Waals surface area contributed by atoms with E-state index in [0.717, 1.165) is 0 Å². The third-order valence-electron chi connectivity index (χ3n) is 6.36. The van der Waals surface area contributed by atoms with Crippen LogP contribution in [-0.2, 0) is 15.7 Å². The lowest BCUT2D eigenvalue weighted by Gasteiger charge is -2.29. The highest BCUT2D eigenvalue weighted by atomic mass is 32.1. The van der Waals surface area contributed by atoms with Crippen LogP contribution in [0.15, 0.2) is 64.3 Å². The van der Waals surface area contributed by atoms with Crippen molar-refractivity contribution >= 4 is 34.4 Å². The molecule has 3 atom stereocenters. The first-order chi connectivity index (χ1) is 18.9. The number of H-pyrrole nitrogens is 1. The van der Waals surface area contributed by atoms with Gasteiger partial charge in [0, 0.05) is 18.2 Å². The quantitative estimate of drug-likeness (QED) is 0.299. The van der Waals surface area contributed by atoms with Crippen LogP contribution >= 0.6 is 24.4 Å². The van der Waals surface area contributed by atoms with Crippen LogP contribution in [0.1, 0.15) is 29.3 Å². The van der Waals surface area contributed by atoms with Crippen molar-refractivity contribution in [3.05, 3.63) is 92.3 Å². The number of aliphatic hydroxyl groups is 1. The van der Waals surface area contributed by atoms with Gasteiger partial charge in [-0.15, -0.1) is 0 Å². The van der Waals surface area contributed by atoms with E-state index in [4.69, 9.17) is 43.4 Å². The minimum absolute atomic E-state index is 0.00450.